The first kappa shape index (κ1) is 16.0. The molecule has 1 rings (SSSR count). The molecule has 1 unspecified atom stereocenters. The number of rotatable bonds is 7. The van der Waals surface area contributed by atoms with Crippen molar-refractivity contribution in [3.05, 3.63) is 0 Å². The maximum Gasteiger partial charge on any atom is 0.311 e. The van der Waals surface area contributed by atoms with Crippen molar-refractivity contribution in [3.8, 4) is 0 Å². The quantitative estimate of drug-likeness (QED) is 0.740. The van der Waals surface area contributed by atoms with Crippen molar-refractivity contribution in [1.29, 1.82) is 0 Å². The molecule has 1 saturated heterocycles. The van der Waals surface area contributed by atoms with Gasteiger partial charge >= 0.3 is 5.97 Å². The van der Waals surface area contributed by atoms with Gasteiger partial charge in [0.05, 0.1) is 5.41 Å². The third-order valence-corrected chi connectivity index (χ3v) is 3.94. The number of carbonyl (C=O) groups is 2. The molecule has 0 spiro atoms. The Morgan fingerprint density at radius 2 is 2.00 bits per heavy atom. The van der Waals surface area contributed by atoms with Crippen molar-refractivity contribution in [2.24, 2.45) is 11.3 Å². The summed E-state index contributed by atoms with van der Waals surface area (Å²) >= 11 is 0. The lowest BCUT2D eigenvalue weighted by atomic mass is 9.80. The highest BCUT2D eigenvalue weighted by molar-refractivity contribution is 5.80. The molecule has 1 aliphatic heterocycles. The predicted molar refractivity (Wildman–Crippen MR) is 71.8 cm³/mol. The van der Waals surface area contributed by atoms with Crippen LogP contribution in [0.5, 0.6) is 0 Å². The molecule has 1 heterocycles. The second-order valence-electron chi connectivity index (χ2n) is 5.46. The average Bonchev–Trinajstić information content (AvgIpc) is 2.42. The summed E-state index contributed by atoms with van der Waals surface area (Å²) < 4.78 is 5.21. The SMILES string of the molecule is CCCCC(C)C(=O)NCC1(C(=O)O)CCOCC1. The van der Waals surface area contributed by atoms with E-state index in [1.54, 1.807) is 0 Å². The lowest BCUT2D eigenvalue weighted by Crippen LogP contribution is -2.47. The van der Waals surface area contributed by atoms with Gasteiger partial charge in [0.2, 0.25) is 5.91 Å². The van der Waals surface area contributed by atoms with E-state index in [0.717, 1.165) is 19.3 Å². The Hall–Kier alpha value is -1.10. The monoisotopic (exact) mass is 271 g/mol. The third-order valence-electron chi connectivity index (χ3n) is 3.94. The highest BCUT2D eigenvalue weighted by atomic mass is 16.5. The Labute approximate surface area is 114 Å². The molecule has 0 aliphatic carbocycles. The topological polar surface area (TPSA) is 75.6 Å². The average molecular weight is 271 g/mol. The highest BCUT2D eigenvalue weighted by Gasteiger charge is 2.40. The lowest BCUT2D eigenvalue weighted by molar-refractivity contribution is -0.154. The number of nitrogens with one attached hydrogen (secondary N) is 1. The van der Waals surface area contributed by atoms with E-state index < -0.39 is 11.4 Å². The first-order valence-corrected chi connectivity index (χ1v) is 7.10. The van der Waals surface area contributed by atoms with Gasteiger partial charge in [-0.3, -0.25) is 9.59 Å². The van der Waals surface area contributed by atoms with Gasteiger partial charge in [-0.2, -0.15) is 0 Å². The van der Waals surface area contributed by atoms with Crippen LogP contribution < -0.4 is 5.32 Å². The number of carboxylic acid groups (broad SMARTS) is 1. The molecule has 0 saturated carbocycles. The maximum atomic E-state index is 11.9. The Morgan fingerprint density at radius 1 is 1.37 bits per heavy atom. The molecule has 0 aromatic rings. The van der Waals surface area contributed by atoms with Gasteiger partial charge in [0.15, 0.2) is 0 Å². The normalized spacial score (nSPS) is 19.7. The maximum absolute atomic E-state index is 11.9. The number of aliphatic carboxylic acids is 1. The van der Waals surface area contributed by atoms with Crippen LogP contribution in [-0.4, -0.2) is 36.7 Å². The molecule has 0 aromatic heterocycles. The van der Waals surface area contributed by atoms with E-state index in [9.17, 15) is 14.7 Å². The molecule has 110 valence electrons. The molecule has 2 N–H and O–H groups in total. The zero-order valence-corrected chi connectivity index (χ0v) is 11.9. The van der Waals surface area contributed by atoms with Crippen molar-refractivity contribution < 1.29 is 19.4 Å². The molecule has 0 radical (unpaired) electrons. The largest absolute Gasteiger partial charge is 0.481 e. The molecule has 1 fully saturated rings. The van der Waals surface area contributed by atoms with Gasteiger partial charge < -0.3 is 15.2 Å². The number of amides is 1. The standard InChI is InChI=1S/C14H25NO4/c1-3-4-5-11(2)12(16)15-10-14(13(17)18)6-8-19-9-7-14/h11H,3-10H2,1-2H3,(H,15,16)(H,17,18). The summed E-state index contributed by atoms with van der Waals surface area (Å²) in [6.07, 6.45) is 3.87. The molecule has 5 heteroatoms. The zero-order chi connectivity index (χ0) is 14.3. The third kappa shape index (κ3) is 4.49. The van der Waals surface area contributed by atoms with Gasteiger partial charge in [0.25, 0.3) is 0 Å². The van der Waals surface area contributed by atoms with Crippen LogP contribution in [0.25, 0.3) is 0 Å². The summed E-state index contributed by atoms with van der Waals surface area (Å²) in [7, 11) is 0. The smallest absolute Gasteiger partial charge is 0.311 e. The van der Waals surface area contributed by atoms with Crippen molar-refractivity contribution in [2.75, 3.05) is 19.8 Å². The van der Waals surface area contributed by atoms with Crippen molar-refractivity contribution in [2.45, 2.75) is 46.0 Å². The van der Waals surface area contributed by atoms with Gasteiger partial charge in [-0.25, -0.2) is 0 Å². The summed E-state index contributed by atoms with van der Waals surface area (Å²) in [5.74, 6) is -0.927. The molecule has 0 aromatic carbocycles. The van der Waals surface area contributed by atoms with Crippen LogP contribution in [0.2, 0.25) is 0 Å². The summed E-state index contributed by atoms with van der Waals surface area (Å²) in [5, 5.41) is 12.2. The Kier molecular flexibility index (Phi) is 6.28. The summed E-state index contributed by atoms with van der Waals surface area (Å²) in [6.45, 7) is 5.09. The predicted octanol–water partition coefficient (Wildman–Crippen LogP) is 1.81. The highest BCUT2D eigenvalue weighted by Crippen LogP contribution is 2.30. The second-order valence-corrected chi connectivity index (χ2v) is 5.46. The Bertz CT molecular complexity index is 311. The van der Waals surface area contributed by atoms with E-state index in [2.05, 4.69) is 12.2 Å². The van der Waals surface area contributed by atoms with Gasteiger partial charge in [-0.05, 0) is 19.3 Å². The molecule has 1 aliphatic rings. The minimum absolute atomic E-state index is 0.0411. The number of unbranched alkanes of at least 4 members (excludes halogenated alkanes) is 1. The van der Waals surface area contributed by atoms with Crippen molar-refractivity contribution in [1.82, 2.24) is 5.32 Å². The van der Waals surface area contributed by atoms with E-state index in [1.807, 2.05) is 6.92 Å². The van der Waals surface area contributed by atoms with E-state index in [4.69, 9.17) is 4.74 Å². The number of hydrogen-bond acceptors (Lipinski definition) is 3. The van der Waals surface area contributed by atoms with Crippen molar-refractivity contribution >= 4 is 11.9 Å². The molecule has 1 atom stereocenters. The van der Waals surface area contributed by atoms with Gasteiger partial charge in [0, 0.05) is 25.7 Å². The fourth-order valence-corrected chi connectivity index (χ4v) is 2.30. The number of carbonyl (C=O) groups excluding carboxylic acids is 1. The number of ether oxygens (including phenoxy) is 1. The van der Waals surface area contributed by atoms with Crippen molar-refractivity contribution in [3.63, 3.8) is 0 Å². The van der Waals surface area contributed by atoms with Crippen LogP contribution in [-0.2, 0) is 14.3 Å². The summed E-state index contributed by atoms with van der Waals surface area (Å²) in [5.41, 5.74) is -0.849. The van der Waals surface area contributed by atoms with E-state index in [1.165, 1.54) is 0 Å². The van der Waals surface area contributed by atoms with Crippen LogP contribution in [0.3, 0.4) is 0 Å². The van der Waals surface area contributed by atoms with Crippen LogP contribution in [0.15, 0.2) is 0 Å². The summed E-state index contributed by atoms with van der Waals surface area (Å²) in [4.78, 5) is 23.3. The summed E-state index contributed by atoms with van der Waals surface area (Å²) in [6, 6.07) is 0. The van der Waals surface area contributed by atoms with Gasteiger partial charge in [0.1, 0.15) is 0 Å². The minimum Gasteiger partial charge on any atom is -0.481 e. The second kappa shape index (κ2) is 7.48. The van der Waals surface area contributed by atoms with Gasteiger partial charge in [-0.1, -0.05) is 26.7 Å². The zero-order valence-electron chi connectivity index (χ0n) is 11.9. The van der Waals surface area contributed by atoms with Crippen LogP contribution in [0, 0.1) is 11.3 Å². The molecular weight excluding hydrogens is 246 g/mol. The van der Waals surface area contributed by atoms with Crippen LogP contribution in [0.1, 0.15) is 46.0 Å². The van der Waals surface area contributed by atoms with E-state index in [-0.39, 0.29) is 18.4 Å². The molecule has 19 heavy (non-hydrogen) atoms. The fourth-order valence-electron chi connectivity index (χ4n) is 2.30. The molecule has 5 nitrogen and oxygen atoms in total. The van der Waals surface area contributed by atoms with Crippen LogP contribution >= 0.6 is 0 Å². The fraction of sp³-hybridized carbons (Fsp3) is 0.857. The molecule has 0 bridgehead atoms. The van der Waals surface area contributed by atoms with E-state index >= 15 is 0 Å². The molecular formula is C14H25NO4. The number of carboxylic acids is 1. The lowest BCUT2D eigenvalue weighted by Gasteiger charge is -2.33. The minimum atomic E-state index is -0.849. The molecule has 1 amide bonds. The Balaban J connectivity index is 2.48. The van der Waals surface area contributed by atoms with Gasteiger partial charge in [-0.15, -0.1) is 0 Å². The van der Waals surface area contributed by atoms with Crippen LogP contribution in [0.4, 0.5) is 0 Å². The number of hydrogen-bond donors (Lipinski definition) is 2. The Morgan fingerprint density at radius 3 is 2.53 bits per heavy atom. The first-order chi connectivity index (χ1) is 9.02. The van der Waals surface area contributed by atoms with E-state index in [0.29, 0.717) is 26.1 Å². The first-order valence-electron chi connectivity index (χ1n) is 7.10.